The van der Waals surface area contributed by atoms with Gasteiger partial charge in [0.25, 0.3) is 0 Å². The summed E-state index contributed by atoms with van der Waals surface area (Å²) in [5.41, 5.74) is 6.14. The lowest BCUT2D eigenvalue weighted by Gasteiger charge is -1.96. The van der Waals surface area contributed by atoms with Crippen molar-refractivity contribution < 1.29 is 15.0 Å². The monoisotopic (exact) mass is 242 g/mol. The highest BCUT2D eigenvalue weighted by molar-refractivity contribution is 5.72. The van der Waals surface area contributed by atoms with Crippen LogP contribution in [0.15, 0.2) is 30.3 Å². The molecule has 1 unspecified atom stereocenters. The van der Waals surface area contributed by atoms with Crippen LogP contribution < -0.4 is 11.9 Å². The fourth-order valence-electron chi connectivity index (χ4n) is 0.928. The van der Waals surface area contributed by atoms with E-state index in [1.165, 1.54) is 12.5 Å². The number of aliphatic hydroxyl groups is 1. The Bertz CT molecular complexity index is 289. The molecule has 0 radical (unpaired) electrons. The number of carboxylic acid groups (broad SMARTS) is 1. The van der Waals surface area contributed by atoms with Crippen molar-refractivity contribution in [1.29, 1.82) is 0 Å². The highest BCUT2D eigenvalue weighted by atomic mass is 16.4. The minimum absolute atomic E-state index is 0. The summed E-state index contributed by atoms with van der Waals surface area (Å²) in [6.07, 6.45) is 1.85. The second kappa shape index (κ2) is 11.1. The average Bonchev–Trinajstić information content (AvgIpc) is 2.28. The van der Waals surface area contributed by atoms with E-state index in [1.54, 1.807) is 0 Å². The molecule has 0 saturated heterocycles. The van der Waals surface area contributed by atoms with Crippen LogP contribution in [0.25, 0.3) is 0 Å². The first-order valence-corrected chi connectivity index (χ1v) is 5.21. The first kappa shape index (κ1) is 17.9. The first-order valence-electron chi connectivity index (χ1n) is 5.21. The summed E-state index contributed by atoms with van der Waals surface area (Å²) in [4.78, 5) is 9.57. The molecule has 0 spiro atoms. The van der Waals surface area contributed by atoms with Crippen LogP contribution in [-0.2, 0) is 11.2 Å². The molecule has 0 aliphatic carbocycles. The van der Waals surface area contributed by atoms with Crippen molar-refractivity contribution >= 4 is 5.97 Å². The van der Waals surface area contributed by atoms with E-state index in [0.29, 0.717) is 0 Å². The molecule has 0 bridgehead atoms. The summed E-state index contributed by atoms with van der Waals surface area (Å²) in [6, 6.07) is 9.47. The number of hydrogen-bond donors (Lipinski definition) is 4. The van der Waals surface area contributed by atoms with Crippen molar-refractivity contribution in [2.24, 2.45) is 5.73 Å². The SMILES string of the molecule is CC(N)C(=O)O.N.OCCCc1ccccc1. The van der Waals surface area contributed by atoms with Gasteiger partial charge in [0.05, 0.1) is 0 Å². The lowest BCUT2D eigenvalue weighted by molar-refractivity contribution is -0.138. The van der Waals surface area contributed by atoms with Crippen LogP contribution in [0.1, 0.15) is 18.9 Å². The third-order valence-electron chi connectivity index (χ3n) is 1.86. The third-order valence-corrected chi connectivity index (χ3v) is 1.86. The van der Waals surface area contributed by atoms with Crippen molar-refractivity contribution in [3.63, 3.8) is 0 Å². The molecule has 1 aromatic carbocycles. The average molecular weight is 242 g/mol. The van der Waals surface area contributed by atoms with Gasteiger partial charge < -0.3 is 22.1 Å². The molecule has 0 aliphatic heterocycles. The molecule has 0 aliphatic rings. The fraction of sp³-hybridized carbons (Fsp3) is 0.417. The number of nitrogens with two attached hydrogens (primary N) is 1. The van der Waals surface area contributed by atoms with Crippen LogP contribution in [-0.4, -0.2) is 28.8 Å². The standard InChI is InChI=1S/C9H12O.C3H7NO2.H3N/c10-8-4-7-9-5-2-1-3-6-9;1-2(4)3(5)6;/h1-3,5-6,10H,4,7-8H2;2H,4H2,1H3,(H,5,6);1H3. The lowest BCUT2D eigenvalue weighted by atomic mass is 10.1. The topological polar surface area (TPSA) is 119 Å². The highest BCUT2D eigenvalue weighted by Crippen LogP contribution is 2.00. The summed E-state index contributed by atoms with van der Waals surface area (Å²) in [5.74, 6) is -0.963. The number of carboxylic acids is 1. The zero-order valence-corrected chi connectivity index (χ0v) is 10.2. The Morgan fingerprint density at radius 2 is 1.82 bits per heavy atom. The van der Waals surface area contributed by atoms with Crippen molar-refractivity contribution in [3.8, 4) is 0 Å². The van der Waals surface area contributed by atoms with Gasteiger partial charge in [-0.2, -0.15) is 0 Å². The van der Waals surface area contributed by atoms with Gasteiger partial charge >= 0.3 is 5.97 Å². The molecular weight excluding hydrogens is 220 g/mol. The van der Waals surface area contributed by atoms with Crippen LogP contribution in [0.4, 0.5) is 0 Å². The van der Waals surface area contributed by atoms with E-state index < -0.39 is 12.0 Å². The van der Waals surface area contributed by atoms with Crippen LogP contribution in [0.2, 0.25) is 0 Å². The van der Waals surface area contributed by atoms with E-state index in [-0.39, 0.29) is 12.8 Å². The van der Waals surface area contributed by atoms with Crippen molar-refractivity contribution in [1.82, 2.24) is 6.15 Å². The van der Waals surface area contributed by atoms with Gasteiger partial charge in [0.15, 0.2) is 0 Å². The Morgan fingerprint density at radius 1 is 1.35 bits per heavy atom. The molecule has 17 heavy (non-hydrogen) atoms. The van der Waals surface area contributed by atoms with Gasteiger partial charge in [-0.15, -0.1) is 0 Å². The number of rotatable bonds is 4. The normalized spacial score (nSPS) is 10.5. The minimum atomic E-state index is -0.963. The number of carbonyl (C=O) groups is 1. The highest BCUT2D eigenvalue weighted by Gasteiger charge is 1.99. The molecule has 0 fully saturated rings. The molecule has 1 atom stereocenters. The second-order valence-corrected chi connectivity index (χ2v) is 3.44. The maximum absolute atomic E-state index is 9.57. The molecule has 98 valence electrons. The summed E-state index contributed by atoms with van der Waals surface area (Å²) in [5, 5.41) is 16.4. The van der Waals surface area contributed by atoms with Gasteiger partial charge in [0.2, 0.25) is 0 Å². The van der Waals surface area contributed by atoms with Crippen molar-refractivity contribution in [2.45, 2.75) is 25.8 Å². The van der Waals surface area contributed by atoms with E-state index >= 15 is 0 Å². The summed E-state index contributed by atoms with van der Waals surface area (Å²) < 4.78 is 0. The Labute approximate surface area is 102 Å². The van der Waals surface area contributed by atoms with Gasteiger partial charge in [-0.25, -0.2) is 0 Å². The van der Waals surface area contributed by atoms with Gasteiger partial charge in [0, 0.05) is 6.61 Å². The first-order chi connectivity index (χ1) is 7.57. The number of aliphatic carboxylic acids is 1. The van der Waals surface area contributed by atoms with Crippen molar-refractivity contribution in [3.05, 3.63) is 35.9 Å². The fourth-order valence-corrected chi connectivity index (χ4v) is 0.928. The largest absolute Gasteiger partial charge is 0.480 e. The van der Waals surface area contributed by atoms with Crippen LogP contribution in [0, 0.1) is 0 Å². The Morgan fingerprint density at radius 3 is 2.18 bits per heavy atom. The van der Waals surface area contributed by atoms with Crippen molar-refractivity contribution in [2.75, 3.05) is 6.61 Å². The van der Waals surface area contributed by atoms with E-state index in [0.717, 1.165) is 12.8 Å². The minimum Gasteiger partial charge on any atom is -0.480 e. The second-order valence-electron chi connectivity index (χ2n) is 3.44. The molecular formula is C12H22N2O3. The van der Waals surface area contributed by atoms with Gasteiger partial charge in [-0.1, -0.05) is 30.3 Å². The van der Waals surface area contributed by atoms with Crippen LogP contribution >= 0.6 is 0 Å². The molecule has 0 heterocycles. The Balaban J connectivity index is 0. The smallest absolute Gasteiger partial charge is 0.320 e. The third kappa shape index (κ3) is 10.8. The molecule has 0 amide bonds. The molecule has 1 aromatic rings. The zero-order chi connectivity index (χ0) is 12.4. The molecule has 0 saturated carbocycles. The Hall–Kier alpha value is -1.43. The molecule has 0 aromatic heterocycles. The molecule has 5 nitrogen and oxygen atoms in total. The summed E-state index contributed by atoms with van der Waals surface area (Å²) in [7, 11) is 0. The Kier molecular flexibility index (Phi) is 11.7. The maximum atomic E-state index is 9.57. The van der Waals surface area contributed by atoms with E-state index in [2.05, 4.69) is 12.1 Å². The molecule has 5 heteroatoms. The number of aryl methyl sites for hydroxylation is 1. The summed E-state index contributed by atoms with van der Waals surface area (Å²) >= 11 is 0. The maximum Gasteiger partial charge on any atom is 0.320 e. The predicted octanol–water partition coefficient (Wildman–Crippen LogP) is 1.19. The summed E-state index contributed by atoms with van der Waals surface area (Å²) in [6.45, 7) is 1.71. The van der Waals surface area contributed by atoms with E-state index in [1.807, 2.05) is 18.2 Å². The lowest BCUT2D eigenvalue weighted by Crippen LogP contribution is -2.25. The number of hydrogen-bond acceptors (Lipinski definition) is 4. The van der Waals surface area contributed by atoms with Gasteiger partial charge in [-0.05, 0) is 25.3 Å². The number of aliphatic hydroxyl groups excluding tert-OH is 1. The quantitative estimate of drug-likeness (QED) is 0.632. The van der Waals surface area contributed by atoms with Crippen LogP contribution in [0.5, 0.6) is 0 Å². The molecule has 1 rings (SSSR count). The van der Waals surface area contributed by atoms with E-state index in [4.69, 9.17) is 15.9 Å². The van der Waals surface area contributed by atoms with Gasteiger partial charge in [-0.3, -0.25) is 4.79 Å². The van der Waals surface area contributed by atoms with Gasteiger partial charge in [0.1, 0.15) is 6.04 Å². The zero-order valence-electron chi connectivity index (χ0n) is 10.2. The van der Waals surface area contributed by atoms with E-state index in [9.17, 15) is 4.79 Å². The predicted molar refractivity (Wildman–Crippen MR) is 68.2 cm³/mol. The molecule has 7 N–H and O–H groups in total. The number of benzene rings is 1. The van der Waals surface area contributed by atoms with Crippen LogP contribution in [0.3, 0.4) is 0 Å².